The highest BCUT2D eigenvalue weighted by Gasteiger charge is 2.17. The Hall–Kier alpha value is -0.970. The number of aromatic nitrogens is 2. The smallest absolute Gasteiger partial charge is 0.255 e. The van der Waals surface area contributed by atoms with Crippen molar-refractivity contribution in [3.8, 4) is 0 Å². The molecule has 0 saturated heterocycles. The molecule has 0 fully saturated rings. The number of thioether (sulfide) groups is 1. The number of aromatic amines is 1. The van der Waals surface area contributed by atoms with Gasteiger partial charge in [-0.1, -0.05) is 29.3 Å². The molecule has 19 heavy (non-hydrogen) atoms. The molecule has 1 aromatic heterocycles. The Kier molecular flexibility index (Phi) is 3.56. The Labute approximate surface area is 124 Å². The van der Waals surface area contributed by atoms with Crippen molar-refractivity contribution < 1.29 is 0 Å². The van der Waals surface area contributed by atoms with Crippen LogP contribution in [0.25, 0.3) is 0 Å². The summed E-state index contributed by atoms with van der Waals surface area (Å²) in [6.45, 7) is 0. The maximum absolute atomic E-state index is 11.9. The number of hydrogen-bond acceptors (Lipinski definition) is 3. The molecule has 0 atom stereocenters. The summed E-state index contributed by atoms with van der Waals surface area (Å²) in [4.78, 5) is 19.2. The minimum atomic E-state index is -0.0323. The SMILES string of the molecule is O=c1[nH]c(Cc2ccc(Cl)cc2Cl)nc2c1CSC2. The zero-order chi connectivity index (χ0) is 13.4. The van der Waals surface area contributed by atoms with Gasteiger partial charge in [0.2, 0.25) is 0 Å². The topological polar surface area (TPSA) is 45.8 Å². The second-order valence-electron chi connectivity index (χ2n) is 4.34. The summed E-state index contributed by atoms with van der Waals surface area (Å²) in [6, 6.07) is 5.33. The van der Waals surface area contributed by atoms with Crippen LogP contribution in [0.4, 0.5) is 0 Å². The fourth-order valence-electron chi connectivity index (χ4n) is 2.04. The van der Waals surface area contributed by atoms with E-state index in [1.807, 2.05) is 6.07 Å². The van der Waals surface area contributed by atoms with E-state index in [1.165, 1.54) is 0 Å². The third-order valence-corrected chi connectivity index (χ3v) is 4.57. The van der Waals surface area contributed by atoms with Crippen molar-refractivity contribution in [3.63, 3.8) is 0 Å². The maximum atomic E-state index is 11.9. The van der Waals surface area contributed by atoms with E-state index >= 15 is 0 Å². The first-order chi connectivity index (χ1) is 9.13. The van der Waals surface area contributed by atoms with Gasteiger partial charge in [-0.25, -0.2) is 4.98 Å². The molecule has 0 amide bonds. The van der Waals surface area contributed by atoms with E-state index in [9.17, 15) is 4.79 Å². The van der Waals surface area contributed by atoms with Gasteiger partial charge in [-0.15, -0.1) is 0 Å². The Morgan fingerprint density at radius 3 is 2.95 bits per heavy atom. The lowest BCUT2D eigenvalue weighted by Crippen LogP contribution is -2.17. The van der Waals surface area contributed by atoms with E-state index in [0.717, 1.165) is 28.3 Å². The van der Waals surface area contributed by atoms with Crippen molar-refractivity contribution in [1.29, 1.82) is 0 Å². The van der Waals surface area contributed by atoms with Crippen LogP contribution in [-0.2, 0) is 17.9 Å². The second-order valence-corrected chi connectivity index (χ2v) is 6.17. The van der Waals surface area contributed by atoms with E-state index in [-0.39, 0.29) is 5.56 Å². The first-order valence-electron chi connectivity index (χ1n) is 5.76. The molecule has 0 unspecified atom stereocenters. The van der Waals surface area contributed by atoms with E-state index in [4.69, 9.17) is 23.2 Å². The normalized spacial score (nSPS) is 13.6. The van der Waals surface area contributed by atoms with Crippen molar-refractivity contribution in [1.82, 2.24) is 9.97 Å². The third kappa shape index (κ3) is 2.66. The van der Waals surface area contributed by atoms with Gasteiger partial charge in [-0.2, -0.15) is 11.8 Å². The highest BCUT2D eigenvalue weighted by molar-refractivity contribution is 7.98. The average molecular weight is 313 g/mol. The molecule has 3 nitrogen and oxygen atoms in total. The van der Waals surface area contributed by atoms with Gasteiger partial charge >= 0.3 is 0 Å². The molecule has 98 valence electrons. The van der Waals surface area contributed by atoms with Crippen molar-refractivity contribution in [2.45, 2.75) is 17.9 Å². The Morgan fingerprint density at radius 1 is 1.32 bits per heavy atom. The molecule has 1 aliphatic rings. The van der Waals surface area contributed by atoms with Crippen LogP contribution in [0.2, 0.25) is 10.0 Å². The molecule has 3 rings (SSSR count). The Morgan fingerprint density at radius 2 is 2.16 bits per heavy atom. The molecule has 0 bridgehead atoms. The fourth-order valence-corrected chi connectivity index (χ4v) is 3.55. The molecule has 1 N–H and O–H groups in total. The molecule has 0 spiro atoms. The minimum Gasteiger partial charge on any atom is -0.310 e. The average Bonchev–Trinajstić information content (AvgIpc) is 2.81. The number of nitrogens with one attached hydrogen (secondary N) is 1. The van der Waals surface area contributed by atoms with Gasteiger partial charge in [0.05, 0.1) is 5.69 Å². The summed E-state index contributed by atoms with van der Waals surface area (Å²) >= 11 is 13.7. The third-order valence-electron chi connectivity index (χ3n) is 3.01. The molecule has 0 aliphatic carbocycles. The van der Waals surface area contributed by atoms with Crippen LogP contribution in [0.3, 0.4) is 0 Å². The van der Waals surface area contributed by atoms with E-state index in [2.05, 4.69) is 9.97 Å². The molecule has 2 aromatic rings. The van der Waals surface area contributed by atoms with Crippen molar-refractivity contribution >= 4 is 35.0 Å². The summed E-state index contributed by atoms with van der Waals surface area (Å²) in [6.07, 6.45) is 0.503. The van der Waals surface area contributed by atoms with Crippen LogP contribution in [0, 0.1) is 0 Å². The Bertz CT molecular complexity index is 700. The van der Waals surface area contributed by atoms with Crippen LogP contribution in [-0.4, -0.2) is 9.97 Å². The van der Waals surface area contributed by atoms with Gasteiger partial charge in [0.25, 0.3) is 5.56 Å². The molecule has 6 heteroatoms. The van der Waals surface area contributed by atoms with Gasteiger partial charge in [0.15, 0.2) is 0 Å². The molecule has 1 aromatic carbocycles. The predicted molar refractivity (Wildman–Crippen MR) is 79.1 cm³/mol. The van der Waals surface area contributed by atoms with Crippen LogP contribution in [0.1, 0.15) is 22.6 Å². The molecule has 0 radical (unpaired) electrons. The summed E-state index contributed by atoms with van der Waals surface area (Å²) in [5.74, 6) is 2.20. The van der Waals surface area contributed by atoms with Gasteiger partial charge in [-0.05, 0) is 17.7 Å². The predicted octanol–water partition coefficient (Wildman–Crippen LogP) is 3.41. The van der Waals surface area contributed by atoms with Gasteiger partial charge in [-0.3, -0.25) is 4.79 Å². The first kappa shape index (κ1) is 13.0. The lowest BCUT2D eigenvalue weighted by atomic mass is 10.1. The van der Waals surface area contributed by atoms with Crippen molar-refractivity contribution in [2.75, 3.05) is 0 Å². The fraction of sp³-hybridized carbons (Fsp3) is 0.231. The molecule has 1 aliphatic heterocycles. The van der Waals surface area contributed by atoms with Gasteiger partial charge < -0.3 is 4.98 Å². The van der Waals surface area contributed by atoms with Crippen molar-refractivity contribution in [3.05, 3.63) is 61.2 Å². The number of rotatable bonds is 2. The monoisotopic (exact) mass is 312 g/mol. The first-order valence-corrected chi connectivity index (χ1v) is 7.67. The number of benzene rings is 1. The molecular formula is C13H10Cl2N2OS. The second kappa shape index (κ2) is 5.19. The van der Waals surface area contributed by atoms with E-state index < -0.39 is 0 Å². The van der Waals surface area contributed by atoms with Crippen LogP contribution >= 0.6 is 35.0 Å². The highest BCUT2D eigenvalue weighted by atomic mass is 35.5. The quantitative estimate of drug-likeness (QED) is 0.924. The number of fused-ring (bicyclic) bond motifs is 1. The van der Waals surface area contributed by atoms with Gasteiger partial charge in [0, 0.05) is 33.5 Å². The standard InChI is InChI=1S/C13H10Cl2N2OS/c14-8-2-1-7(10(15)4-8)3-12-16-11-6-19-5-9(11)13(18)17-12/h1-2,4H,3,5-6H2,(H,16,17,18). The molecule has 2 heterocycles. The molecular weight excluding hydrogens is 303 g/mol. The maximum Gasteiger partial charge on any atom is 0.255 e. The summed E-state index contributed by atoms with van der Waals surface area (Å²) in [5.41, 5.74) is 2.57. The van der Waals surface area contributed by atoms with E-state index in [1.54, 1.807) is 23.9 Å². The highest BCUT2D eigenvalue weighted by Crippen LogP contribution is 2.26. The Balaban J connectivity index is 1.96. The summed E-state index contributed by atoms with van der Waals surface area (Å²) in [5, 5.41) is 1.19. The summed E-state index contributed by atoms with van der Waals surface area (Å²) in [7, 11) is 0. The van der Waals surface area contributed by atoms with Crippen LogP contribution in [0.5, 0.6) is 0 Å². The zero-order valence-corrected chi connectivity index (χ0v) is 12.2. The number of hydrogen-bond donors (Lipinski definition) is 1. The van der Waals surface area contributed by atoms with Crippen molar-refractivity contribution in [2.24, 2.45) is 0 Å². The van der Waals surface area contributed by atoms with E-state index in [0.29, 0.717) is 22.3 Å². The largest absolute Gasteiger partial charge is 0.310 e. The van der Waals surface area contributed by atoms with Crippen LogP contribution < -0.4 is 5.56 Å². The number of halogens is 2. The zero-order valence-electron chi connectivity index (χ0n) is 9.87. The molecule has 0 saturated carbocycles. The lowest BCUT2D eigenvalue weighted by Gasteiger charge is -2.06. The lowest BCUT2D eigenvalue weighted by molar-refractivity contribution is 0.904. The summed E-state index contributed by atoms with van der Waals surface area (Å²) < 4.78 is 0. The number of H-pyrrole nitrogens is 1. The number of nitrogens with zero attached hydrogens (tertiary/aromatic N) is 1. The van der Waals surface area contributed by atoms with Gasteiger partial charge in [0.1, 0.15) is 5.82 Å². The van der Waals surface area contributed by atoms with Crippen LogP contribution in [0.15, 0.2) is 23.0 Å². The minimum absolute atomic E-state index is 0.0323.